The predicted octanol–water partition coefficient (Wildman–Crippen LogP) is 4.37. The molecule has 3 heterocycles. The van der Waals surface area contributed by atoms with E-state index in [1.807, 2.05) is 85.9 Å². The lowest BCUT2D eigenvalue weighted by molar-refractivity contribution is 0.0940. The van der Waals surface area contributed by atoms with E-state index in [2.05, 4.69) is 20.6 Å². The largest absolute Gasteiger partial charge is 0.344 e. The average molecular weight is 420 g/mol. The summed E-state index contributed by atoms with van der Waals surface area (Å²) >= 11 is 0. The monoisotopic (exact) mass is 420 g/mol. The standard InChI is InChI=1S/C25H20N6O/c1-17(24-16-31(30-29-24)19-7-3-2-4-8-19)27-25(32)21-15-23(18-11-13-26-14-12-18)28-22-10-6-5-9-20(21)22/h2-17H,1H3,(H,27,32). The molecule has 2 aromatic carbocycles. The minimum atomic E-state index is -0.323. The number of benzene rings is 2. The Morgan fingerprint density at radius 1 is 0.969 bits per heavy atom. The Balaban J connectivity index is 1.45. The van der Waals surface area contributed by atoms with E-state index in [1.165, 1.54) is 0 Å². The molecule has 156 valence electrons. The van der Waals surface area contributed by atoms with Gasteiger partial charge in [-0.05, 0) is 43.3 Å². The lowest BCUT2D eigenvalue weighted by atomic mass is 10.0. The summed E-state index contributed by atoms with van der Waals surface area (Å²) in [6.45, 7) is 1.89. The molecule has 5 rings (SSSR count). The quantitative estimate of drug-likeness (QED) is 0.456. The van der Waals surface area contributed by atoms with Crippen molar-refractivity contribution in [3.8, 4) is 16.9 Å². The molecule has 7 nitrogen and oxygen atoms in total. The Morgan fingerprint density at radius 2 is 1.72 bits per heavy atom. The molecule has 0 aliphatic rings. The van der Waals surface area contributed by atoms with Gasteiger partial charge < -0.3 is 5.32 Å². The molecule has 1 amide bonds. The molecule has 0 saturated heterocycles. The summed E-state index contributed by atoms with van der Waals surface area (Å²) in [6.07, 6.45) is 5.25. The van der Waals surface area contributed by atoms with Gasteiger partial charge in [-0.1, -0.05) is 41.6 Å². The zero-order chi connectivity index (χ0) is 21.9. The van der Waals surface area contributed by atoms with Crippen molar-refractivity contribution in [2.24, 2.45) is 0 Å². The van der Waals surface area contributed by atoms with Gasteiger partial charge in [-0.15, -0.1) is 5.10 Å². The van der Waals surface area contributed by atoms with Crippen LogP contribution in [0.3, 0.4) is 0 Å². The number of para-hydroxylation sites is 2. The fourth-order valence-corrected chi connectivity index (χ4v) is 3.56. The van der Waals surface area contributed by atoms with Gasteiger partial charge in [-0.25, -0.2) is 9.67 Å². The Hall–Kier alpha value is -4.39. The number of carbonyl (C=O) groups is 1. The molecular formula is C25H20N6O. The Labute approximate surface area is 184 Å². The van der Waals surface area contributed by atoms with E-state index in [-0.39, 0.29) is 11.9 Å². The number of aromatic nitrogens is 5. The Bertz CT molecular complexity index is 1380. The van der Waals surface area contributed by atoms with Gasteiger partial charge in [0.05, 0.1) is 34.7 Å². The molecule has 1 N–H and O–H groups in total. The molecule has 5 aromatic rings. The fourth-order valence-electron chi connectivity index (χ4n) is 3.56. The summed E-state index contributed by atoms with van der Waals surface area (Å²) in [5, 5.41) is 12.3. The number of fused-ring (bicyclic) bond motifs is 1. The third kappa shape index (κ3) is 3.83. The lowest BCUT2D eigenvalue weighted by Crippen LogP contribution is -2.27. The molecule has 0 spiro atoms. The van der Waals surface area contributed by atoms with Gasteiger partial charge >= 0.3 is 0 Å². The van der Waals surface area contributed by atoms with Crippen molar-refractivity contribution >= 4 is 16.8 Å². The molecule has 0 aliphatic carbocycles. The molecular weight excluding hydrogens is 400 g/mol. The maximum absolute atomic E-state index is 13.3. The van der Waals surface area contributed by atoms with Crippen LogP contribution in [0.5, 0.6) is 0 Å². The van der Waals surface area contributed by atoms with Gasteiger partial charge in [-0.2, -0.15) is 0 Å². The van der Waals surface area contributed by atoms with E-state index in [0.717, 1.165) is 27.8 Å². The zero-order valence-corrected chi connectivity index (χ0v) is 17.4. The summed E-state index contributed by atoms with van der Waals surface area (Å²) in [5.74, 6) is -0.194. The van der Waals surface area contributed by atoms with Crippen molar-refractivity contribution in [3.63, 3.8) is 0 Å². The summed E-state index contributed by atoms with van der Waals surface area (Å²) in [6, 6.07) is 22.6. The van der Waals surface area contributed by atoms with Gasteiger partial charge in [-0.3, -0.25) is 9.78 Å². The predicted molar refractivity (Wildman–Crippen MR) is 122 cm³/mol. The second kappa shape index (κ2) is 8.39. The molecule has 0 bridgehead atoms. The highest BCUT2D eigenvalue weighted by Crippen LogP contribution is 2.25. The van der Waals surface area contributed by atoms with E-state index >= 15 is 0 Å². The molecule has 0 radical (unpaired) electrons. The van der Waals surface area contributed by atoms with Crippen LogP contribution in [-0.4, -0.2) is 30.9 Å². The van der Waals surface area contributed by atoms with Crippen molar-refractivity contribution in [1.82, 2.24) is 30.3 Å². The van der Waals surface area contributed by atoms with E-state index in [9.17, 15) is 4.79 Å². The molecule has 1 unspecified atom stereocenters. The van der Waals surface area contributed by atoms with Gasteiger partial charge in [0, 0.05) is 23.3 Å². The number of hydrogen-bond acceptors (Lipinski definition) is 5. The molecule has 3 aromatic heterocycles. The van der Waals surface area contributed by atoms with Gasteiger partial charge in [0.15, 0.2) is 0 Å². The topological polar surface area (TPSA) is 85.6 Å². The van der Waals surface area contributed by atoms with E-state index in [0.29, 0.717) is 11.3 Å². The lowest BCUT2D eigenvalue weighted by Gasteiger charge is -2.14. The number of hydrogen-bond donors (Lipinski definition) is 1. The number of amides is 1. The Morgan fingerprint density at radius 3 is 2.53 bits per heavy atom. The summed E-state index contributed by atoms with van der Waals surface area (Å²) in [4.78, 5) is 22.1. The summed E-state index contributed by atoms with van der Waals surface area (Å²) in [7, 11) is 0. The normalized spacial score (nSPS) is 11.9. The second-order valence-corrected chi connectivity index (χ2v) is 7.43. The first-order valence-electron chi connectivity index (χ1n) is 10.3. The minimum Gasteiger partial charge on any atom is -0.344 e. The molecule has 32 heavy (non-hydrogen) atoms. The van der Waals surface area contributed by atoms with Crippen molar-refractivity contribution in [2.45, 2.75) is 13.0 Å². The molecule has 1 atom stereocenters. The zero-order valence-electron chi connectivity index (χ0n) is 17.4. The van der Waals surface area contributed by atoms with Crippen LogP contribution in [0.25, 0.3) is 27.8 Å². The van der Waals surface area contributed by atoms with Crippen LogP contribution in [0.15, 0.2) is 91.4 Å². The van der Waals surface area contributed by atoms with Crippen LogP contribution in [0.4, 0.5) is 0 Å². The van der Waals surface area contributed by atoms with Crippen LogP contribution in [0, 0.1) is 0 Å². The third-order valence-corrected chi connectivity index (χ3v) is 5.26. The van der Waals surface area contributed by atoms with Crippen molar-refractivity contribution in [3.05, 3.63) is 103 Å². The second-order valence-electron chi connectivity index (χ2n) is 7.43. The van der Waals surface area contributed by atoms with Crippen LogP contribution in [0.1, 0.15) is 29.0 Å². The molecule has 0 fully saturated rings. The number of rotatable bonds is 5. The number of pyridine rings is 2. The molecule has 0 aliphatic heterocycles. The Kier molecular flexibility index (Phi) is 5.13. The SMILES string of the molecule is CC(NC(=O)c1cc(-c2ccncc2)nc2ccccc12)c1cn(-c2ccccc2)nn1. The first-order chi connectivity index (χ1) is 15.7. The van der Waals surface area contributed by atoms with Gasteiger partial charge in [0.2, 0.25) is 0 Å². The van der Waals surface area contributed by atoms with Crippen LogP contribution in [-0.2, 0) is 0 Å². The molecule has 7 heteroatoms. The average Bonchev–Trinajstić information content (AvgIpc) is 3.35. The van der Waals surface area contributed by atoms with Crippen LogP contribution >= 0.6 is 0 Å². The van der Waals surface area contributed by atoms with Crippen molar-refractivity contribution < 1.29 is 4.79 Å². The van der Waals surface area contributed by atoms with E-state index in [1.54, 1.807) is 17.1 Å². The van der Waals surface area contributed by atoms with Crippen molar-refractivity contribution in [2.75, 3.05) is 0 Å². The van der Waals surface area contributed by atoms with E-state index in [4.69, 9.17) is 4.98 Å². The van der Waals surface area contributed by atoms with Crippen molar-refractivity contribution in [1.29, 1.82) is 0 Å². The first kappa shape index (κ1) is 19.6. The smallest absolute Gasteiger partial charge is 0.252 e. The summed E-state index contributed by atoms with van der Waals surface area (Å²) in [5.41, 5.74) is 4.53. The maximum atomic E-state index is 13.3. The number of nitrogens with zero attached hydrogens (tertiary/aromatic N) is 5. The highest BCUT2D eigenvalue weighted by Gasteiger charge is 2.18. The highest BCUT2D eigenvalue weighted by molar-refractivity contribution is 6.07. The van der Waals surface area contributed by atoms with Gasteiger partial charge in [0.1, 0.15) is 5.69 Å². The number of nitrogens with one attached hydrogen (secondary N) is 1. The van der Waals surface area contributed by atoms with Crippen LogP contribution in [0.2, 0.25) is 0 Å². The molecule has 0 saturated carbocycles. The first-order valence-corrected chi connectivity index (χ1v) is 10.3. The fraction of sp³-hybridized carbons (Fsp3) is 0.0800. The van der Waals surface area contributed by atoms with Crippen LogP contribution < -0.4 is 5.32 Å². The highest BCUT2D eigenvalue weighted by atomic mass is 16.1. The van der Waals surface area contributed by atoms with Gasteiger partial charge in [0.25, 0.3) is 5.91 Å². The number of carbonyl (C=O) groups excluding carboxylic acids is 1. The maximum Gasteiger partial charge on any atom is 0.252 e. The third-order valence-electron chi connectivity index (χ3n) is 5.26. The van der Waals surface area contributed by atoms with E-state index < -0.39 is 0 Å². The summed E-state index contributed by atoms with van der Waals surface area (Å²) < 4.78 is 1.70. The minimum absolute atomic E-state index is 0.194.